The van der Waals surface area contributed by atoms with Crippen molar-refractivity contribution in [2.45, 2.75) is 51.6 Å². The Balaban J connectivity index is 1.87. The number of piperidine rings is 1. The summed E-state index contributed by atoms with van der Waals surface area (Å²) in [5, 5.41) is 3.68. The van der Waals surface area contributed by atoms with E-state index >= 15 is 0 Å². The van der Waals surface area contributed by atoms with E-state index < -0.39 is 0 Å². The van der Waals surface area contributed by atoms with Gasteiger partial charge in [-0.25, -0.2) is 0 Å². The van der Waals surface area contributed by atoms with E-state index in [4.69, 9.17) is 0 Å². The van der Waals surface area contributed by atoms with Crippen molar-refractivity contribution in [3.8, 4) is 0 Å². The standard InChI is InChI=1S/C12H24N2/c1-12(2)7-4-8-13-11(12)9-14(3)10-5-6-10/h10-11,13H,4-9H2,1-3H3. The van der Waals surface area contributed by atoms with Gasteiger partial charge < -0.3 is 10.2 Å². The van der Waals surface area contributed by atoms with Gasteiger partial charge >= 0.3 is 0 Å². The van der Waals surface area contributed by atoms with Crippen molar-refractivity contribution in [1.29, 1.82) is 0 Å². The van der Waals surface area contributed by atoms with Gasteiger partial charge in [-0.2, -0.15) is 0 Å². The average molecular weight is 196 g/mol. The zero-order chi connectivity index (χ0) is 10.2. The molecule has 1 aliphatic carbocycles. The van der Waals surface area contributed by atoms with Crippen LogP contribution in [0.4, 0.5) is 0 Å². The highest BCUT2D eigenvalue weighted by atomic mass is 15.2. The van der Waals surface area contributed by atoms with Crippen LogP contribution in [0.15, 0.2) is 0 Å². The maximum atomic E-state index is 3.68. The first-order chi connectivity index (χ1) is 6.59. The lowest BCUT2D eigenvalue weighted by molar-refractivity contribution is 0.135. The summed E-state index contributed by atoms with van der Waals surface area (Å²) >= 11 is 0. The molecule has 2 fully saturated rings. The van der Waals surface area contributed by atoms with E-state index in [0.29, 0.717) is 11.5 Å². The summed E-state index contributed by atoms with van der Waals surface area (Å²) in [7, 11) is 2.28. The summed E-state index contributed by atoms with van der Waals surface area (Å²) < 4.78 is 0. The minimum absolute atomic E-state index is 0.488. The molecule has 1 saturated carbocycles. The third-order valence-corrected chi connectivity index (χ3v) is 3.97. The highest BCUT2D eigenvalue weighted by Crippen LogP contribution is 2.32. The number of rotatable bonds is 3. The number of nitrogens with one attached hydrogen (secondary N) is 1. The van der Waals surface area contributed by atoms with Gasteiger partial charge in [0.05, 0.1) is 0 Å². The fourth-order valence-corrected chi connectivity index (χ4v) is 2.53. The molecule has 0 aromatic rings. The molecule has 0 amide bonds. The predicted molar refractivity (Wildman–Crippen MR) is 60.5 cm³/mol. The highest BCUT2D eigenvalue weighted by molar-refractivity contribution is 4.92. The monoisotopic (exact) mass is 196 g/mol. The molecule has 1 heterocycles. The van der Waals surface area contributed by atoms with Gasteiger partial charge in [-0.15, -0.1) is 0 Å². The molecule has 0 bridgehead atoms. The van der Waals surface area contributed by atoms with Crippen molar-refractivity contribution < 1.29 is 0 Å². The highest BCUT2D eigenvalue weighted by Gasteiger charge is 2.35. The Hall–Kier alpha value is -0.0800. The van der Waals surface area contributed by atoms with Gasteiger partial charge in [-0.05, 0) is 44.7 Å². The summed E-state index contributed by atoms with van der Waals surface area (Å²) in [5.74, 6) is 0. The first-order valence-corrected chi connectivity index (χ1v) is 6.03. The van der Waals surface area contributed by atoms with Crippen LogP contribution in [0.25, 0.3) is 0 Å². The predicted octanol–water partition coefficient (Wildman–Crippen LogP) is 1.86. The van der Waals surface area contributed by atoms with Gasteiger partial charge in [0.25, 0.3) is 0 Å². The molecule has 1 N–H and O–H groups in total. The molecule has 1 unspecified atom stereocenters. The Kier molecular flexibility index (Phi) is 2.85. The zero-order valence-corrected chi connectivity index (χ0v) is 9.84. The van der Waals surface area contributed by atoms with E-state index in [9.17, 15) is 0 Å². The Bertz CT molecular complexity index is 196. The smallest absolute Gasteiger partial charge is 0.0246 e. The molecule has 0 spiro atoms. The number of hydrogen-bond donors (Lipinski definition) is 1. The van der Waals surface area contributed by atoms with E-state index in [-0.39, 0.29) is 0 Å². The van der Waals surface area contributed by atoms with Crippen LogP contribution in [0.3, 0.4) is 0 Å². The van der Waals surface area contributed by atoms with E-state index in [1.54, 1.807) is 0 Å². The van der Waals surface area contributed by atoms with Crippen molar-refractivity contribution in [2.24, 2.45) is 5.41 Å². The van der Waals surface area contributed by atoms with Crippen LogP contribution in [-0.4, -0.2) is 37.1 Å². The van der Waals surface area contributed by atoms with E-state index in [0.717, 1.165) is 6.04 Å². The summed E-state index contributed by atoms with van der Waals surface area (Å²) in [6.45, 7) is 7.26. The van der Waals surface area contributed by atoms with Crippen molar-refractivity contribution >= 4 is 0 Å². The summed E-state index contributed by atoms with van der Waals surface area (Å²) in [5.41, 5.74) is 0.488. The molecule has 2 rings (SSSR count). The van der Waals surface area contributed by atoms with Crippen LogP contribution >= 0.6 is 0 Å². The third kappa shape index (κ3) is 2.29. The van der Waals surface area contributed by atoms with Crippen LogP contribution in [-0.2, 0) is 0 Å². The van der Waals surface area contributed by atoms with Gasteiger partial charge in [-0.1, -0.05) is 13.8 Å². The fraction of sp³-hybridized carbons (Fsp3) is 1.00. The van der Waals surface area contributed by atoms with Gasteiger partial charge in [0.2, 0.25) is 0 Å². The summed E-state index contributed by atoms with van der Waals surface area (Å²) in [6, 6.07) is 1.59. The third-order valence-electron chi connectivity index (χ3n) is 3.97. The second kappa shape index (κ2) is 3.82. The lowest BCUT2D eigenvalue weighted by Gasteiger charge is -2.41. The molecule has 1 aliphatic heterocycles. The molecule has 0 aromatic heterocycles. The van der Waals surface area contributed by atoms with Crippen LogP contribution in [0.1, 0.15) is 39.5 Å². The molecule has 0 radical (unpaired) electrons. The fourth-order valence-electron chi connectivity index (χ4n) is 2.53. The van der Waals surface area contributed by atoms with Gasteiger partial charge in [-0.3, -0.25) is 0 Å². The SMILES string of the molecule is CN(CC1NCCCC1(C)C)C1CC1. The van der Waals surface area contributed by atoms with Crippen molar-refractivity contribution in [3.63, 3.8) is 0 Å². The molecular weight excluding hydrogens is 172 g/mol. The van der Waals surface area contributed by atoms with E-state index in [2.05, 4.69) is 31.1 Å². The number of likely N-dealkylation sites (N-methyl/N-ethyl adjacent to an activating group) is 1. The summed E-state index contributed by atoms with van der Waals surface area (Å²) in [6.07, 6.45) is 5.56. The normalized spacial score (nSPS) is 32.1. The van der Waals surface area contributed by atoms with Crippen LogP contribution in [0.5, 0.6) is 0 Å². The van der Waals surface area contributed by atoms with Gasteiger partial charge in [0.15, 0.2) is 0 Å². The minimum Gasteiger partial charge on any atom is -0.312 e. The van der Waals surface area contributed by atoms with Crippen molar-refractivity contribution in [2.75, 3.05) is 20.1 Å². The summed E-state index contributed by atoms with van der Waals surface area (Å²) in [4.78, 5) is 2.55. The Morgan fingerprint density at radius 2 is 2.07 bits per heavy atom. The lowest BCUT2D eigenvalue weighted by Crippen LogP contribution is -2.52. The van der Waals surface area contributed by atoms with Crippen LogP contribution < -0.4 is 5.32 Å². The van der Waals surface area contributed by atoms with Gasteiger partial charge in [0, 0.05) is 18.6 Å². The van der Waals surface area contributed by atoms with Crippen molar-refractivity contribution in [3.05, 3.63) is 0 Å². The second-order valence-electron chi connectivity index (χ2n) is 5.77. The molecule has 1 saturated heterocycles. The first-order valence-electron chi connectivity index (χ1n) is 6.03. The molecule has 2 aliphatic rings. The maximum Gasteiger partial charge on any atom is 0.0246 e. The molecule has 2 nitrogen and oxygen atoms in total. The Morgan fingerprint density at radius 1 is 1.36 bits per heavy atom. The average Bonchev–Trinajstić information content (AvgIpc) is 2.91. The van der Waals surface area contributed by atoms with Gasteiger partial charge in [0.1, 0.15) is 0 Å². The minimum atomic E-state index is 0.488. The molecule has 82 valence electrons. The molecule has 0 aromatic carbocycles. The zero-order valence-electron chi connectivity index (χ0n) is 9.84. The molecule has 1 atom stereocenters. The largest absolute Gasteiger partial charge is 0.312 e. The Morgan fingerprint density at radius 3 is 2.64 bits per heavy atom. The van der Waals surface area contributed by atoms with E-state index in [1.165, 1.54) is 38.8 Å². The molecule has 2 heteroatoms. The maximum absolute atomic E-state index is 3.68. The first kappa shape index (κ1) is 10.4. The topological polar surface area (TPSA) is 15.3 Å². The van der Waals surface area contributed by atoms with Crippen LogP contribution in [0, 0.1) is 5.41 Å². The van der Waals surface area contributed by atoms with E-state index in [1.807, 2.05) is 0 Å². The van der Waals surface area contributed by atoms with Crippen LogP contribution in [0.2, 0.25) is 0 Å². The second-order valence-corrected chi connectivity index (χ2v) is 5.77. The Labute approximate surface area is 88.1 Å². The molecule has 14 heavy (non-hydrogen) atoms. The lowest BCUT2D eigenvalue weighted by atomic mass is 9.77. The quantitative estimate of drug-likeness (QED) is 0.741. The number of nitrogens with zero attached hydrogens (tertiary/aromatic N) is 1. The molecular formula is C12H24N2. The number of hydrogen-bond acceptors (Lipinski definition) is 2. The van der Waals surface area contributed by atoms with Crippen molar-refractivity contribution in [1.82, 2.24) is 10.2 Å².